The minimum Gasteiger partial charge on any atom is -0.497 e. The van der Waals surface area contributed by atoms with Crippen molar-refractivity contribution in [2.45, 2.75) is 20.3 Å². The zero-order valence-electron chi connectivity index (χ0n) is 11.3. The second-order valence-corrected chi connectivity index (χ2v) is 4.03. The molecule has 0 saturated heterocycles. The predicted octanol–water partition coefficient (Wildman–Crippen LogP) is 2.97. The van der Waals surface area contributed by atoms with Crippen molar-refractivity contribution in [2.75, 3.05) is 20.2 Å². The number of ether oxygens (including phenoxy) is 1. The van der Waals surface area contributed by atoms with E-state index >= 15 is 0 Å². The Labute approximate surface area is 109 Å². The molecule has 0 saturated carbocycles. The molecule has 0 N–H and O–H groups in total. The van der Waals surface area contributed by atoms with Crippen LogP contribution in [0.2, 0.25) is 0 Å². The summed E-state index contributed by atoms with van der Waals surface area (Å²) in [5.74, 6) is 0.854. The maximum absolute atomic E-state index is 11.9. The molecule has 0 fully saturated rings. The number of carbonyl (C=O) groups excluding carboxylic acids is 1. The van der Waals surface area contributed by atoms with Gasteiger partial charge in [-0.15, -0.1) is 0 Å². The largest absolute Gasteiger partial charge is 0.497 e. The third kappa shape index (κ3) is 4.24. The van der Waals surface area contributed by atoms with Gasteiger partial charge in [0.25, 0.3) is 0 Å². The Balaban J connectivity index is 2.70. The number of carbonyl (C=O) groups is 1. The summed E-state index contributed by atoms with van der Waals surface area (Å²) < 4.78 is 5.14. The number of rotatable bonds is 6. The summed E-state index contributed by atoms with van der Waals surface area (Å²) >= 11 is 0. The summed E-state index contributed by atoms with van der Waals surface area (Å²) in [5.41, 5.74) is 0.968. The molecule has 0 radical (unpaired) electrons. The van der Waals surface area contributed by atoms with Gasteiger partial charge in [0.2, 0.25) is 5.91 Å². The average Bonchev–Trinajstić information content (AvgIpc) is 2.42. The summed E-state index contributed by atoms with van der Waals surface area (Å²) in [7, 11) is 1.63. The van der Waals surface area contributed by atoms with Gasteiger partial charge in [-0.2, -0.15) is 0 Å². The molecule has 18 heavy (non-hydrogen) atoms. The van der Waals surface area contributed by atoms with E-state index in [1.54, 1.807) is 13.2 Å². The van der Waals surface area contributed by atoms with Crippen LogP contribution in [-0.2, 0) is 4.79 Å². The standard InChI is InChI=1S/C15H21NO2/c1-4-11-16(5-2)15(17)10-9-13-7-6-8-14(12-13)18-3/h6-10,12H,4-5,11H2,1-3H3/b10-9+. The molecule has 0 aliphatic rings. The van der Waals surface area contributed by atoms with Crippen LogP contribution in [0, 0.1) is 0 Å². The first-order valence-electron chi connectivity index (χ1n) is 6.32. The molecule has 0 aliphatic carbocycles. The molecule has 1 rings (SSSR count). The van der Waals surface area contributed by atoms with Crippen LogP contribution in [-0.4, -0.2) is 31.0 Å². The SMILES string of the molecule is CCCN(CC)C(=O)/C=C/c1cccc(OC)c1. The van der Waals surface area contributed by atoms with Crippen molar-refractivity contribution in [3.8, 4) is 5.75 Å². The lowest BCUT2D eigenvalue weighted by Gasteiger charge is -2.17. The highest BCUT2D eigenvalue weighted by Crippen LogP contribution is 2.13. The fourth-order valence-electron chi connectivity index (χ4n) is 1.71. The van der Waals surface area contributed by atoms with Gasteiger partial charge in [0.15, 0.2) is 0 Å². The number of hydrogen-bond acceptors (Lipinski definition) is 2. The van der Waals surface area contributed by atoms with Gasteiger partial charge >= 0.3 is 0 Å². The fraction of sp³-hybridized carbons (Fsp3) is 0.400. The third-order valence-corrected chi connectivity index (χ3v) is 2.70. The van der Waals surface area contributed by atoms with Crippen LogP contribution < -0.4 is 4.74 Å². The lowest BCUT2D eigenvalue weighted by atomic mass is 10.2. The van der Waals surface area contributed by atoms with Crippen molar-refractivity contribution >= 4 is 12.0 Å². The second kappa shape index (κ2) is 7.54. The van der Waals surface area contributed by atoms with Crippen molar-refractivity contribution in [1.29, 1.82) is 0 Å². The van der Waals surface area contributed by atoms with Crippen molar-refractivity contribution < 1.29 is 9.53 Å². The number of amides is 1. The van der Waals surface area contributed by atoms with E-state index in [0.29, 0.717) is 0 Å². The Kier molecular flexibility index (Phi) is 5.98. The van der Waals surface area contributed by atoms with Gasteiger partial charge in [-0.1, -0.05) is 19.1 Å². The minimum absolute atomic E-state index is 0.0576. The second-order valence-electron chi connectivity index (χ2n) is 4.03. The highest BCUT2D eigenvalue weighted by molar-refractivity contribution is 5.91. The summed E-state index contributed by atoms with van der Waals surface area (Å²) in [6.45, 7) is 5.61. The average molecular weight is 247 g/mol. The Hall–Kier alpha value is -1.77. The molecule has 1 aromatic rings. The molecule has 0 atom stereocenters. The van der Waals surface area contributed by atoms with Crippen molar-refractivity contribution in [1.82, 2.24) is 4.90 Å². The molecule has 0 bridgehead atoms. The molecule has 1 aromatic carbocycles. The van der Waals surface area contributed by atoms with Gasteiger partial charge < -0.3 is 9.64 Å². The first-order valence-corrected chi connectivity index (χ1v) is 6.32. The minimum atomic E-state index is 0.0576. The van der Waals surface area contributed by atoms with E-state index in [4.69, 9.17) is 4.74 Å². The molecule has 3 heteroatoms. The molecule has 0 aromatic heterocycles. The molecular weight excluding hydrogens is 226 g/mol. The number of likely N-dealkylation sites (N-methyl/N-ethyl adjacent to an activating group) is 1. The normalized spacial score (nSPS) is 10.6. The molecular formula is C15H21NO2. The Morgan fingerprint density at radius 1 is 1.39 bits per heavy atom. The molecule has 0 unspecified atom stereocenters. The van der Waals surface area contributed by atoms with Crippen LogP contribution in [0.4, 0.5) is 0 Å². The van der Waals surface area contributed by atoms with Gasteiger partial charge in [0.05, 0.1) is 7.11 Å². The number of benzene rings is 1. The highest BCUT2D eigenvalue weighted by atomic mass is 16.5. The summed E-state index contributed by atoms with van der Waals surface area (Å²) in [6, 6.07) is 7.64. The maximum atomic E-state index is 11.9. The van der Waals surface area contributed by atoms with E-state index in [9.17, 15) is 4.79 Å². The first-order chi connectivity index (χ1) is 8.71. The summed E-state index contributed by atoms with van der Waals surface area (Å²) in [4.78, 5) is 13.7. The van der Waals surface area contributed by atoms with E-state index in [1.807, 2.05) is 42.2 Å². The van der Waals surface area contributed by atoms with Crippen LogP contribution in [0.15, 0.2) is 30.3 Å². The van der Waals surface area contributed by atoms with Gasteiger partial charge in [0, 0.05) is 19.2 Å². The predicted molar refractivity (Wildman–Crippen MR) is 74.6 cm³/mol. The van der Waals surface area contributed by atoms with Crippen molar-refractivity contribution in [2.24, 2.45) is 0 Å². The lowest BCUT2D eigenvalue weighted by Crippen LogP contribution is -2.29. The van der Waals surface area contributed by atoms with Gasteiger partial charge in [-0.25, -0.2) is 0 Å². The maximum Gasteiger partial charge on any atom is 0.246 e. The summed E-state index contributed by atoms with van der Waals surface area (Å²) in [5, 5.41) is 0. The van der Waals surface area contributed by atoms with E-state index in [1.165, 1.54) is 0 Å². The van der Waals surface area contributed by atoms with Crippen molar-refractivity contribution in [3.63, 3.8) is 0 Å². The highest BCUT2D eigenvalue weighted by Gasteiger charge is 2.05. The number of nitrogens with zero attached hydrogens (tertiary/aromatic N) is 1. The third-order valence-electron chi connectivity index (χ3n) is 2.70. The van der Waals surface area contributed by atoms with Crippen LogP contribution in [0.25, 0.3) is 6.08 Å². The summed E-state index contributed by atoms with van der Waals surface area (Å²) in [6.07, 6.45) is 4.42. The zero-order valence-corrected chi connectivity index (χ0v) is 11.3. The van der Waals surface area contributed by atoms with E-state index in [0.717, 1.165) is 30.8 Å². The topological polar surface area (TPSA) is 29.5 Å². The Bertz CT molecular complexity index is 413. The quantitative estimate of drug-likeness (QED) is 0.723. The zero-order chi connectivity index (χ0) is 13.4. The lowest BCUT2D eigenvalue weighted by molar-refractivity contribution is -0.125. The molecule has 98 valence electrons. The van der Waals surface area contributed by atoms with E-state index in [2.05, 4.69) is 6.92 Å². The van der Waals surface area contributed by atoms with E-state index < -0.39 is 0 Å². The monoisotopic (exact) mass is 247 g/mol. The number of hydrogen-bond donors (Lipinski definition) is 0. The van der Waals surface area contributed by atoms with Gasteiger partial charge in [-0.3, -0.25) is 4.79 Å². The van der Waals surface area contributed by atoms with Crippen molar-refractivity contribution in [3.05, 3.63) is 35.9 Å². The van der Waals surface area contributed by atoms with E-state index in [-0.39, 0.29) is 5.91 Å². The molecule has 0 spiro atoms. The molecule has 0 aliphatic heterocycles. The van der Waals surface area contributed by atoms with Crippen LogP contribution in [0.5, 0.6) is 5.75 Å². The Morgan fingerprint density at radius 3 is 2.78 bits per heavy atom. The van der Waals surface area contributed by atoms with Crippen LogP contribution in [0.3, 0.4) is 0 Å². The van der Waals surface area contributed by atoms with Crippen LogP contribution in [0.1, 0.15) is 25.8 Å². The first kappa shape index (κ1) is 14.3. The Morgan fingerprint density at radius 2 is 2.17 bits per heavy atom. The van der Waals surface area contributed by atoms with Gasteiger partial charge in [-0.05, 0) is 37.1 Å². The fourth-order valence-corrected chi connectivity index (χ4v) is 1.71. The molecule has 3 nitrogen and oxygen atoms in total. The smallest absolute Gasteiger partial charge is 0.246 e. The van der Waals surface area contributed by atoms with Crippen LogP contribution >= 0.6 is 0 Å². The molecule has 1 amide bonds. The van der Waals surface area contributed by atoms with Gasteiger partial charge in [0.1, 0.15) is 5.75 Å². The number of methoxy groups -OCH3 is 1. The molecule has 0 heterocycles.